The molecule has 0 spiro atoms. The number of hydrogen-bond acceptors (Lipinski definition) is 4. The molecule has 0 aliphatic carbocycles. The van der Waals surface area contributed by atoms with Crippen LogP contribution in [0.2, 0.25) is 0 Å². The van der Waals surface area contributed by atoms with Crippen molar-refractivity contribution in [1.29, 1.82) is 0 Å². The summed E-state index contributed by atoms with van der Waals surface area (Å²) in [4.78, 5) is 29.6. The van der Waals surface area contributed by atoms with E-state index in [4.69, 9.17) is 0 Å². The van der Waals surface area contributed by atoms with Crippen LogP contribution in [0.1, 0.15) is 28.4 Å². The highest BCUT2D eigenvalue weighted by atomic mass is 16.6. The summed E-state index contributed by atoms with van der Waals surface area (Å²) < 4.78 is 0. The highest BCUT2D eigenvalue weighted by Crippen LogP contribution is 2.38. The molecule has 0 fully saturated rings. The van der Waals surface area contributed by atoms with E-state index in [1.807, 2.05) is 42.5 Å². The van der Waals surface area contributed by atoms with Crippen molar-refractivity contribution in [2.75, 3.05) is 0 Å². The van der Waals surface area contributed by atoms with Crippen LogP contribution in [0.25, 0.3) is 10.9 Å². The zero-order chi connectivity index (χ0) is 20.7. The molecule has 1 aromatic heterocycles. The van der Waals surface area contributed by atoms with E-state index < -0.39 is 4.92 Å². The van der Waals surface area contributed by atoms with Crippen molar-refractivity contribution in [2.24, 2.45) is 0 Å². The first-order valence-electron chi connectivity index (χ1n) is 9.78. The van der Waals surface area contributed by atoms with E-state index in [-0.39, 0.29) is 17.2 Å². The van der Waals surface area contributed by atoms with E-state index in [1.54, 1.807) is 12.1 Å². The molecule has 5 rings (SSSR count). The number of non-ortho nitro benzene ring substituents is 1. The Morgan fingerprint density at radius 2 is 1.67 bits per heavy atom. The first kappa shape index (κ1) is 18.3. The van der Waals surface area contributed by atoms with Crippen LogP contribution in [0.5, 0.6) is 0 Å². The molecule has 6 nitrogen and oxygen atoms in total. The lowest BCUT2D eigenvalue weighted by Crippen LogP contribution is -2.23. The molecule has 0 bridgehead atoms. The Morgan fingerprint density at radius 3 is 2.40 bits per heavy atom. The third-order valence-electron chi connectivity index (χ3n) is 5.69. The van der Waals surface area contributed by atoms with Crippen LogP contribution in [0.15, 0.2) is 83.7 Å². The number of H-pyrrole nitrogens is 1. The fourth-order valence-corrected chi connectivity index (χ4v) is 4.28. The predicted octanol–water partition coefficient (Wildman–Crippen LogP) is 4.54. The molecule has 148 valence electrons. The Hall–Kier alpha value is -3.77. The summed E-state index contributed by atoms with van der Waals surface area (Å²) in [5, 5.41) is 11.8. The SMILES string of the molecule is O=c1c2c([nH]c3ccccc13)C(c1ccc([N+](=O)[O-])cc1)N(Cc1ccccc1)C2. The van der Waals surface area contributed by atoms with E-state index in [9.17, 15) is 14.9 Å². The Bertz CT molecular complexity index is 1300. The summed E-state index contributed by atoms with van der Waals surface area (Å²) in [7, 11) is 0. The Labute approximate surface area is 172 Å². The number of rotatable bonds is 4. The molecule has 4 aromatic rings. The van der Waals surface area contributed by atoms with Gasteiger partial charge in [-0.2, -0.15) is 0 Å². The summed E-state index contributed by atoms with van der Waals surface area (Å²) in [5.41, 5.74) is 4.59. The highest BCUT2D eigenvalue weighted by molar-refractivity contribution is 5.79. The van der Waals surface area contributed by atoms with Crippen molar-refractivity contribution in [2.45, 2.75) is 19.1 Å². The molecule has 1 aliphatic rings. The van der Waals surface area contributed by atoms with Gasteiger partial charge in [0.05, 0.1) is 11.0 Å². The van der Waals surface area contributed by atoms with Gasteiger partial charge < -0.3 is 4.98 Å². The third-order valence-corrected chi connectivity index (χ3v) is 5.69. The van der Waals surface area contributed by atoms with Gasteiger partial charge in [-0.15, -0.1) is 0 Å². The monoisotopic (exact) mass is 397 g/mol. The van der Waals surface area contributed by atoms with E-state index in [1.165, 1.54) is 12.1 Å². The van der Waals surface area contributed by atoms with Crippen LogP contribution < -0.4 is 5.43 Å². The van der Waals surface area contributed by atoms with Crippen molar-refractivity contribution in [3.63, 3.8) is 0 Å². The molecule has 1 atom stereocenters. The Kier molecular flexibility index (Phi) is 4.41. The van der Waals surface area contributed by atoms with Gasteiger partial charge in [0.1, 0.15) is 0 Å². The number of aromatic amines is 1. The molecule has 0 amide bonds. The van der Waals surface area contributed by atoms with Crippen LogP contribution in [0.3, 0.4) is 0 Å². The molecule has 0 saturated heterocycles. The minimum atomic E-state index is -0.399. The number of aromatic nitrogens is 1. The van der Waals surface area contributed by atoms with Gasteiger partial charge in [0.2, 0.25) is 0 Å². The average molecular weight is 397 g/mol. The molecule has 6 heteroatoms. The number of hydrogen-bond donors (Lipinski definition) is 1. The zero-order valence-corrected chi connectivity index (χ0v) is 16.1. The lowest BCUT2D eigenvalue weighted by Gasteiger charge is -2.25. The van der Waals surface area contributed by atoms with Gasteiger partial charge in [-0.25, -0.2) is 0 Å². The largest absolute Gasteiger partial charge is 0.356 e. The summed E-state index contributed by atoms with van der Waals surface area (Å²) >= 11 is 0. The van der Waals surface area contributed by atoms with Crippen LogP contribution in [0.4, 0.5) is 5.69 Å². The molecule has 1 N–H and O–H groups in total. The van der Waals surface area contributed by atoms with E-state index in [2.05, 4.69) is 22.0 Å². The molecule has 30 heavy (non-hydrogen) atoms. The minimum absolute atomic E-state index is 0.0434. The lowest BCUT2D eigenvalue weighted by molar-refractivity contribution is -0.384. The van der Waals surface area contributed by atoms with Gasteiger partial charge in [-0.05, 0) is 23.3 Å². The maximum absolute atomic E-state index is 13.2. The maximum Gasteiger partial charge on any atom is 0.269 e. The zero-order valence-electron chi connectivity index (χ0n) is 16.1. The van der Waals surface area contributed by atoms with Gasteiger partial charge in [0.15, 0.2) is 5.43 Å². The number of nitro benzene ring substituents is 1. The minimum Gasteiger partial charge on any atom is -0.356 e. The van der Waals surface area contributed by atoms with E-state index in [0.29, 0.717) is 18.5 Å². The fraction of sp³-hybridized carbons (Fsp3) is 0.125. The molecule has 1 aliphatic heterocycles. The quantitative estimate of drug-likeness (QED) is 0.405. The second-order valence-electron chi connectivity index (χ2n) is 7.53. The molecule has 3 aromatic carbocycles. The normalized spacial score (nSPS) is 15.9. The number of pyridine rings is 1. The number of nitrogens with zero attached hydrogens (tertiary/aromatic N) is 2. The number of fused-ring (bicyclic) bond motifs is 2. The number of benzene rings is 3. The van der Waals surface area contributed by atoms with E-state index in [0.717, 1.165) is 27.9 Å². The molecule has 1 unspecified atom stereocenters. The van der Waals surface area contributed by atoms with Crippen LogP contribution in [-0.2, 0) is 13.1 Å². The molecular formula is C24H19N3O3. The van der Waals surface area contributed by atoms with Crippen LogP contribution in [-0.4, -0.2) is 14.8 Å². The van der Waals surface area contributed by atoms with E-state index >= 15 is 0 Å². The second-order valence-corrected chi connectivity index (χ2v) is 7.53. The second kappa shape index (κ2) is 7.24. The fourth-order valence-electron chi connectivity index (χ4n) is 4.28. The predicted molar refractivity (Wildman–Crippen MR) is 115 cm³/mol. The number of nitrogens with one attached hydrogen (secondary N) is 1. The summed E-state index contributed by atoms with van der Waals surface area (Å²) in [5.74, 6) is 0. The topological polar surface area (TPSA) is 79.2 Å². The number of nitro groups is 1. The Morgan fingerprint density at radius 1 is 0.967 bits per heavy atom. The highest BCUT2D eigenvalue weighted by Gasteiger charge is 2.34. The molecule has 2 heterocycles. The van der Waals surface area contributed by atoms with Crippen molar-refractivity contribution in [3.8, 4) is 0 Å². The van der Waals surface area contributed by atoms with Gasteiger partial charge >= 0.3 is 0 Å². The van der Waals surface area contributed by atoms with Gasteiger partial charge in [0, 0.05) is 47.4 Å². The smallest absolute Gasteiger partial charge is 0.269 e. The van der Waals surface area contributed by atoms with Gasteiger partial charge in [-0.1, -0.05) is 54.6 Å². The average Bonchev–Trinajstić information content (AvgIpc) is 3.13. The first-order valence-corrected chi connectivity index (χ1v) is 9.78. The van der Waals surface area contributed by atoms with Crippen molar-refractivity contribution >= 4 is 16.6 Å². The molecule has 0 saturated carbocycles. The lowest BCUT2D eigenvalue weighted by atomic mass is 10.0. The molecule has 0 radical (unpaired) electrons. The van der Waals surface area contributed by atoms with Crippen molar-refractivity contribution in [1.82, 2.24) is 9.88 Å². The van der Waals surface area contributed by atoms with Crippen molar-refractivity contribution < 1.29 is 4.92 Å². The van der Waals surface area contributed by atoms with Crippen LogP contribution in [0, 0.1) is 10.1 Å². The number of para-hydroxylation sites is 1. The first-order chi connectivity index (χ1) is 14.6. The van der Waals surface area contributed by atoms with Gasteiger partial charge in [-0.3, -0.25) is 19.8 Å². The standard InChI is InChI=1S/C24H19N3O3/c28-24-19-8-4-5-9-21(19)25-22-20(24)15-26(14-16-6-2-1-3-7-16)23(22)17-10-12-18(13-11-17)27(29)30/h1-13,23H,14-15H2,(H,25,28). The van der Waals surface area contributed by atoms with Gasteiger partial charge in [0.25, 0.3) is 5.69 Å². The third kappa shape index (κ3) is 3.07. The van der Waals surface area contributed by atoms with Crippen molar-refractivity contribution in [3.05, 3.63) is 122 Å². The maximum atomic E-state index is 13.2. The summed E-state index contributed by atoms with van der Waals surface area (Å²) in [6.07, 6.45) is 0. The summed E-state index contributed by atoms with van der Waals surface area (Å²) in [6, 6.07) is 24.0. The molecular weight excluding hydrogens is 378 g/mol. The van der Waals surface area contributed by atoms with Crippen LogP contribution >= 0.6 is 0 Å². The summed E-state index contributed by atoms with van der Waals surface area (Å²) in [6.45, 7) is 1.19. The Balaban J connectivity index is 1.65.